The van der Waals surface area contributed by atoms with Crippen LogP contribution in [0.3, 0.4) is 0 Å². The molecule has 0 saturated carbocycles. The first kappa shape index (κ1) is 11.7. The van der Waals surface area contributed by atoms with Gasteiger partial charge in [-0.15, -0.1) is 0 Å². The van der Waals surface area contributed by atoms with Crippen LogP contribution < -0.4 is 4.74 Å². The van der Waals surface area contributed by atoms with Gasteiger partial charge in [0.25, 0.3) is 0 Å². The number of hydrogen-bond acceptors (Lipinski definition) is 3. The minimum absolute atomic E-state index is 0.286. The summed E-state index contributed by atoms with van der Waals surface area (Å²) >= 11 is 11.7. The van der Waals surface area contributed by atoms with Gasteiger partial charge in [0.1, 0.15) is 23.1 Å². The molecular weight excluding hydrogens is 259 g/mol. The van der Waals surface area contributed by atoms with Crippen LogP contribution in [-0.4, -0.2) is 4.98 Å². The molecule has 0 radical (unpaired) electrons. The van der Waals surface area contributed by atoms with Crippen LogP contribution in [0, 0.1) is 11.3 Å². The molecule has 0 N–H and O–H groups in total. The highest BCUT2D eigenvalue weighted by molar-refractivity contribution is 6.32. The third-order valence-corrected chi connectivity index (χ3v) is 2.52. The smallest absolute Gasteiger partial charge is 0.147 e. The quantitative estimate of drug-likeness (QED) is 0.822. The normalized spacial score (nSPS) is 9.71. The van der Waals surface area contributed by atoms with Crippen molar-refractivity contribution in [2.45, 2.75) is 0 Å². The van der Waals surface area contributed by atoms with E-state index in [0.29, 0.717) is 21.5 Å². The Labute approximate surface area is 108 Å². The van der Waals surface area contributed by atoms with Crippen LogP contribution in [0.1, 0.15) is 5.56 Å². The second-order valence-electron chi connectivity index (χ2n) is 3.17. The second-order valence-corrected chi connectivity index (χ2v) is 4.01. The van der Waals surface area contributed by atoms with Crippen molar-refractivity contribution in [3.63, 3.8) is 0 Å². The number of halogens is 2. The summed E-state index contributed by atoms with van der Waals surface area (Å²) in [7, 11) is 0. The molecule has 84 valence electrons. The van der Waals surface area contributed by atoms with Gasteiger partial charge in [0.05, 0.1) is 16.2 Å². The molecule has 0 aliphatic rings. The molecule has 0 saturated heterocycles. The van der Waals surface area contributed by atoms with Gasteiger partial charge in [-0.3, -0.25) is 4.98 Å². The van der Waals surface area contributed by atoms with Crippen molar-refractivity contribution in [3.8, 4) is 17.6 Å². The van der Waals surface area contributed by atoms with E-state index in [4.69, 9.17) is 33.2 Å². The number of benzene rings is 1. The van der Waals surface area contributed by atoms with E-state index >= 15 is 0 Å². The average Bonchev–Trinajstić information content (AvgIpc) is 2.29. The lowest BCUT2D eigenvalue weighted by Gasteiger charge is -2.07. The number of nitriles is 1. The molecule has 3 nitrogen and oxygen atoms in total. The molecule has 1 aromatic carbocycles. The molecular formula is C12H6Cl2N2O. The first-order chi connectivity index (χ1) is 8.20. The van der Waals surface area contributed by atoms with E-state index in [-0.39, 0.29) is 5.56 Å². The van der Waals surface area contributed by atoms with E-state index in [2.05, 4.69) is 4.98 Å². The van der Waals surface area contributed by atoms with Crippen molar-refractivity contribution in [2.24, 2.45) is 0 Å². The molecule has 0 atom stereocenters. The minimum atomic E-state index is 0.286. The van der Waals surface area contributed by atoms with E-state index in [0.717, 1.165) is 0 Å². The number of nitrogens with zero attached hydrogens (tertiary/aromatic N) is 2. The van der Waals surface area contributed by atoms with E-state index in [9.17, 15) is 0 Å². The average molecular weight is 265 g/mol. The number of hydrogen-bond donors (Lipinski definition) is 0. The zero-order chi connectivity index (χ0) is 12.3. The molecule has 0 aliphatic carbocycles. The summed E-state index contributed by atoms with van der Waals surface area (Å²) in [5.41, 5.74) is 0.286. The van der Waals surface area contributed by atoms with Crippen LogP contribution in [0.2, 0.25) is 10.0 Å². The SMILES string of the molecule is N#Cc1c(Cl)cccc1Oc1cncc(Cl)c1. The monoisotopic (exact) mass is 264 g/mol. The van der Waals surface area contributed by atoms with Gasteiger partial charge in [-0.25, -0.2) is 0 Å². The lowest BCUT2D eigenvalue weighted by Crippen LogP contribution is -1.89. The Balaban J connectivity index is 2.37. The Morgan fingerprint density at radius 1 is 1.24 bits per heavy atom. The fourth-order valence-electron chi connectivity index (χ4n) is 1.27. The van der Waals surface area contributed by atoms with E-state index in [1.807, 2.05) is 6.07 Å². The summed E-state index contributed by atoms with van der Waals surface area (Å²) in [6.45, 7) is 0. The van der Waals surface area contributed by atoms with Gasteiger partial charge in [-0.05, 0) is 12.1 Å². The summed E-state index contributed by atoms with van der Waals surface area (Å²) < 4.78 is 5.51. The molecule has 0 bridgehead atoms. The van der Waals surface area contributed by atoms with Crippen molar-refractivity contribution < 1.29 is 4.74 Å². The van der Waals surface area contributed by atoms with Gasteiger partial charge in [0, 0.05) is 12.3 Å². The molecule has 0 fully saturated rings. The molecule has 2 aromatic rings. The molecule has 1 aromatic heterocycles. The molecule has 1 heterocycles. The van der Waals surface area contributed by atoms with E-state index in [1.165, 1.54) is 12.4 Å². The van der Waals surface area contributed by atoms with E-state index < -0.39 is 0 Å². The van der Waals surface area contributed by atoms with Crippen molar-refractivity contribution in [1.29, 1.82) is 5.26 Å². The molecule has 0 unspecified atom stereocenters. The maximum absolute atomic E-state index is 8.98. The first-order valence-electron chi connectivity index (χ1n) is 4.67. The maximum atomic E-state index is 8.98. The molecule has 5 heteroatoms. The van der Waals surface area contributed by atoms with Crippen molar-refractivity contribution in [1.82, 2.24) is 4.98 Å². The zero-order valence-electron chi connectivity index (χ0n) is 8.52. The number of ether oxygens (including phenoxy) is 1. The van der Waals surface area contributed by atoms with Gasteiger partial charge in [-0.2, -0.15) is 5.26 Å². The van der Waals surface area contributed by atoms with Gasteiger partial charge in [-0.1, -0.05) is 29.3 Å². The Hall–Kier alpha value is -1.76. The maximum Gasteiger partial charge on any atom is 0.147 e. The second kappa shape index (κ2) is 5.05. The van der Waals surface area contributed by atoms with Crippen molar-refractivity contribution >= 4 is 23.2 Å². The third kappa shape index (κ3) is 2.68. The van der Waals surface area contributed by atoms with Gasteiger partial charge >= 0.3 is 0 Å². The Morgan fingerprint density at radius 3 is 2.76 bits per heavy atom. The largest absolute Gasteiger partial charge is 0.454 e. The molecule has 2 rings (SSSR count). The van der Waals surface area contributed by atoms with Gasteiger partial charge in [0.2, 0.25) is 0 Å². The van der Waals surface area contributed by atoms with Crippen LogP contribution in [0.4, 0.5) is 0 Å². The predicted molar refractivity (Wildman–Crippen MR) is 65.5 cm³/mol. The lowest BCUT2D eigenvalue weighted by atomic mass is 10.2. The highest BCUT2D eigenvalue weighted by atomic mass is 35.5. The van der Waals surface area contributed by atoms with Crippen molar-refractivity contribution in [3.05, 3.63) is 52.3 Å². The summed E-state index contributed by atoms with van der Waals surface area (Å²) in [4.78, 5) is 3.89. The fourth-order valence-corrected chi connectivity index (χ4v) is 1.65. The fraction of sp³-hybridized carbons (Fsp3) is 0. The van der Waals surface area contributed by atoms with Crippen LogP contribution >= 0.6 is 23.2 Å². The molecule has 17 heavy (non-hydrogen) atoms. The zero-order valence-corrected chi connectivity index (χ0v) is 10.0. The highest BCUT2D eigenvalue weighted by Gasteiger charge is 2.08. The molecule has 0 amide bonds. The Morgan fingerprint density at radius 2 is 2.06 bits per heavy atom. The minimum Gasteiger partial charge on any atom is -0.454 e. The highest BCUT2D eigenvalue weighted by Crippen LogP contribution is 2.30. The van der Waals surface area contributed by atoms with Crippen LogP contribution in [0.15, 0.2) is 36.7 Å². The van der Waals surface area contributed by atoms with E-state index in [1.54, 1.807) is 24.3 Å². The third-order valence-electron chi connectivity index (χ3n) is 1.99. The Bertz CT molecular complexity index is 593. The van der Waals surface area contributed by atoms with Crippen molar-refractivity contribution in [2.75, 3.05) is 0 Å². The summed E-state index contributed by atoms with van der Waals surface area (Å²) in [5.74, 6) is 0.834. The molecule has 0 spiro atoms. The van der Waals surface area contributed by atoms with Crippen LogP contribution in [0.5, 0.6) is 11.5 Å². The number of aromatic nitrogens is 1. The summed E-state index contributed by atoms with van der Waals surface area (Å²) in [5, 5.41) is 9.78. The lowest BCUT2D eigenvalue weighted by molar-refractivity contribution is 0.479. The van der Waals surface area contributed by atoms with Crippen LogP contribution in [-0.2, 0) is 0 Å². The standard InChI is InChI=1S/C12H6Cl2N2O/c13-8-4-9(7-16-6-8)17-12-3-1-2-11(14)10(12)5-15/h1-4,6-7H. The summed E-state index contributed by atoms with van der Waals surface area (Å²) in [6, 6.07) is 8.59. The summed E-state index contributed by atoms with van der Waals surface area (Å²) in [6.07, 6.45) is 3.01. The topological polar surface area (TPSA) is 45.9 Å². The molecule has 0 aliphatic heterocycles. The van der Waals surface area contributed by atoms with Crippen LogP contribution in [0.25, 0.3) is 0 Å². The first-order valence-corrected chi connectivity index (χ1v) is 5.43. The van der Waals surface area contributed by atoms with Gasteiger partial charge in [0.15, 0.2) is 0 Å². The number of rotatable bonds is 2. The predicted octanol–water partition coefficient (Wildman–Crippen LogP) is 4.05. The van der Waals surface area contributed by atoms with Gasteiger partial charge < -0.3 is 4.74 Å². The number of pyridine rings is 1. The Kier molecular flexibility index (Phi) is 3.48.